The van der Waals surface area contributed by atoms with Crippen LogP contribution in [0.4, 0.5) is 0 Å². The Hall–Kier alpha value is -7.40. The molecular weight excluding hydrogens is 1150 g/mol. The number of benzene rings is 7. The summed E-state index contributed by atoms with van der Waals surface area (Å²) in [5.41, 5.74) is 12.0. The van der Waals surface area contributed by atoms with Crippen molar-refractivity contribution in [3.8, 4) is 62.3 Å². The number of hydrogen-bond acceptors (Lipinski definition) is 3. The average molecular weight is 1220 g/mol. The first-order chi connectivity index (χ1) is 39.8. The van der Waals surface area contributed by atoms with E-state index in [1.807, 2.05) is 119 Å². The summed E-state index contributed by atoms with van der Waals surface area (Å²) >= 11 is 0. The normalized spacial score (nSPS) is 13.8. The summed E-state index contributed by atoms with van der Waals surface area (Å²) in [5, 5.41) is 1.90. The minimum absolute atomic E-state index is 0. The molecule has 0 bridgehead atoms. The van der Waals surface area contributed by atoms with E-state index in [0.717, 1.165) is 55.2 Å². The molecule has 0 atom stereocenters. The number of aryl methyl sites for hydroxylation is 2. The first kappa shape index (κ1) is 46.5. The van der Waals surface area contributed by atoms with Crippen molar-refractivity contribution >= 4 is 32.8 Å². The van der Waals surface area contributed by atoms with Gasteiger partial charge in [-0.15, -0.1) is 23.6 Å². The Morgan fingerprint density at radius 2 is 1.23 bits per heavy atom. The third-order valence-corrected chi connectivity index (χ3v) is 14.4. The van der Waals surface area contributed by atoms with Crippen molar-refractivity contribution in [2.75, 3.05) is 0 Å². The van der Waals surface area contributed by atoms with Gasteiger partial charge in [-0.3, -0.25) is 14.1 Å². The van der Waals surface area contributed by atoms with E-state index in [4.69, 9.17) is 18.8 Å². The topological polar surface area (TPSA) is 48.8 Å². The number of para-hydroxylation sites is 4. The molecule has 0 aliphatic heterocycles. The molecule has 0 saturated heterocycles. The maximum absolute atomic E-state index is 9.38. The van der Waals surface area contributed by atoms with E-state index in [0.29, 0.717) is 62.2 Å². The van der Waals surface area contributed by atoms with Crippen LogP contribution in [0.15, 0.2) is 164 Å². The Bertz CT molecular complexity index is 4430. The van der Waals surface area contributed by atoms with Crippen LogP contribution in [0.5, 0.6) is 11.5 Å². The van der Waals surface area contributed by atoms with Crippen molar-refractivity contribution in [1.29, 1.82) is 0 Å². The summed E-state index contributed by atoms with van der Waals surface area (Å²) in [5.74, 6) is 1.65. The third-order valence-electron chi connectivity index (χ3n) is 14.4. The number of hydrogen-bond donors (Lipinski definition) is 0. The molecule has 4 heterocycles. The van der Waals surface area contributed by atoms with Crippen LogP contribution in [0.3, 0.4) is 0 Å². The summed E-state index contributed by atoms with van der Waals surface area (Å²) < 4.78 is 76.2. The molecule has 0 fully saturated rings. The first-order valence-electron chi connectivity index (χ1n) is 30.3. The summed E-state index contributed by atoms with van der Waals surface area (Å²) in [6.45, 7) is 29.7. The smallest absolute Gasteiger partial charge is 0.269 e. The molecule has 0 saturated carbocycles. The molecule has 7 heteroatoms. The van der Waals surface area contributed by atoms with Gasteiger partial charge in [0.05, 0.1) is 29.4 Å². The third kappa shape index (κ3) is 10.9. The molecule has 0 amide bonds. The fourth-order valence-corrected chi connectivity index (χ4v) is 10.5. The van der Waals surface area contributed by atoms with Crippen LogP contribution in [-0.4, -0.2) is 19.1 Å². The molecule has 11 aromatic rings. The van der Waals surface area contributed by atoms with E-state index < -0.39 is 29.9 Å². The number of imidazole rings is 1. The second kappa shape index (κ2) is 20.7. The predicted molar refractivity (Wildman–Crippen MR) is 323 cm³/mol. The van der Waals surface area contributed by atoms with Gasteiger partial charge in [-0.1, -0.05) is 210 Å². The van der Waals surface area contributed by atoms with Gasteiger partial charge in [-0.05, 0) is 138 Å². The first-order valence-corrected chi connectivity index (χ1v) is 26.8. The van der Waals surface area contributed by atoms with Crippen LogP contribution < -0.4 is 9.30 Å². The van der Waals surface area contributed by atoms with Crippen LogP contribution in [0, 0.1) is 37.7 Å². The Balaban J connectivity index is 0.00000820. The molecule has 402 valence electrons. The Morgan fingerprint density at radius 3 is 1.89 bits per heavy atom. The van der Waals surface area contributed by atoms with E-state index in [1.54, 1.807) is 12.3 Å². The summed E-state index contributed by atoms with van der Waals surface area (Å²) in [6, 6.07) is 47.4. The molecular formula is C72H71N5OPt-2. The van der Waals surface area contributed by atoms with E-state index in [1.165, 1.54) is 5.56 Å². The number of rotatable bonds is 9. The van der Waals surface area contributed by atoms with Gasteiger partial charge >= 0.3 is 0 Å². The zero-order valence-corrected chi connectivity index (χ0v) is 49.9. The van der Waals surface area contributed by atoms with Crippen molar-refractivity contribution in [3.63, 3.8) is 0 Å². The van der Waals surface area contributed by atoms with Gasteiger partial charge in [0.25, 0.3) is 6.33 Å². The molecule has 0 unspecified atom stereocenters. The van der Waals surface area contributed by atoms with Crippen LogP contribution in [-0.2, 0) is 43.7 Å². The van der Waals surface area contributed by atoms with E-state index in [2.05, 4.69) is 131 Å². The van der Waals surface area contributed by atoms with Crippen LogP contribution in [0.1, 0.15) is 126 Å². The average Bonchev–Trinajstić information content (AvgIpc) is 1.55. The van der Waals surface area contributed by atoms with Crippen molar-refractivity contribution in [1.82, 2.24) is 19.1 Å². The Morgan fingerprint density at radius 1 is 0.608 bits per heavy atom. The molecule has 6 nitrogen and oxygen atoms in total. The fourth-order valence-electron chi connectivity index (χ4n) is 10.5. The molecule has 0 radical (unpaired) electrons. The van der Waals surface area contributed by atoms with E-state index in [-0.39, 0.29) is 55.0 Å². The van der Waals surface area contributed by atoms with Crippen LogP contribution >= 0.6 is 0 Å². The summed E-state index contributed by atoms with van der Waals surface area (Å²) in [6.07, 6.45) is 3.71. The predicted octanol–water partition coefficient (Wildman–Crippen LogP) is 18.1. The molecule has 11 rings (SSSR count). The standard InChI is InChI=1S/C72H71N5O.Pt/c1-46-35-51(70(6,7)8)36-47(2)67(46)60-41-55(78-54-31-32-59-58-25-18-19-28-61(58)77(64(59)42-54)65-37-48(33-34-73-65)44-69(3,4)5)43-66(74-60)75-45-76(63-30-21-20-29-62(63)75)68-56(49-23-16-15-17-24-49)26-22-27-57(68)50-38-52(71(9,10)11)40-53(39-50)72(12,13)14;/h15-41H,44H2,1-14H3;/q-2;/i15D,16D,17D,23D,24D,44D2;. The molecule has 0 aliphatic rings. The fraction of sp³-hybridized carbons (Fsp3) is 0.264. The van der Waals surface area contributed by atoms with E-state index in [9.17, 15) is 5.48 Å². The zero-order valence-electron chi connectivity index (χ0n) is 54.7. The van der Waals surface area contributed by atoms with E-state index >= 15 is 0 Å². The molecule has 4 aromatic heterocycles. The summed E-state index contributed by atoms with van der Waals surface area (Å²) in [7, 11) is 0. The maximum Gasteiger partial charge on any atom is 0.269 e. The Labute approximate surface area is 492 Å². The quantitative estimate of drug-likeness (QED) is 0.107. The van der Waals surface area contributed by atoms with Gasteiger partial charge in [-0.2, -0.15) is 12.1 Å². The second-order valence-electron chi connectivity index (χ2n) is 24.8. The minimum atomic E-state index is -1.66. The molecule has 0 N–H and O–H groups in total. The van der Waals surface area contributed by atoms with Gasteiger partial charge in [0.15, 0.2) is 0 Å². The number of ether oxygens (including phenoxy) is 1. The van der Waals surface area contributed by atoms with Gasteiger partial charge in [-0.25, -0.2) is 4.98 Å². The number of fused-ring (bicyclic) bond motifs is 4. The molecule has 79 heavy (non-hydrogen) atoms. The summed E-state index contributed by atoms with van der Waals surface area (Å²) in [4.78, 5) is 10.3. The molecule has 0 spiro atoms. The van der Waals surface area contributed by atoms with Crippen LogP contribution in [0.25, 0.3) is 83.7 Å². The number of pyridine rings is 2. The molecule has 7 aromatic carbocycles. The minimum Gasteiger partial charge on any atom is -0.522 e. The maximum atomic E-state index is 9.38. The van der Waals surface area contributed by atoms with Crippen molar-refractivity contribution in [2.45, 2.75) is 120 Å². The van der Waals surface area contributed by atoms with Gasteiger partial charge < -0.3 is 9.30 Å². The van der Waals surface area contributed by atoms with Crippen molar-refractivity contribution in [2.24, 2.45) is 5.41 Å². The number of aromatic nitrogens is 5. The van der Waals surface area contributed by atoms with Crippen molar-refractivity contribution in [3.05, 3.63) is 216 Å². The monoisotopic (exact) mass is 1220 g/mol. The second-order valence-corrected chi connectivity index (χ2v) is 24.8. The largest absolute Gasteiger partial charge is 0.522 e. The van der Waals surface area contributed by atoms with Gasteiger partial charge in [0, 0.05) is 41.3 Å². The Kier molecular flexibility index (Phi) is 12.2. The number of nitrogens with zero attached hydrogens (tertiary/aromatic N) is 5. The van der Waals surface area contributed by atoms with Crippen LogP contribution in [0.2, 0.25) is 0 Å². The van der Waals surface area contributed by atoms with Gasteiger partial charge in [0.2, 0.25) is 0 Å². The molecule has 0 aliphatic carbocycles. The zero-order chi connectivity index (χ0) is 61.2. The van der Waals surface area contributed by atoms with Gasteiger partial charge in [0.1, 0.15) is 5.82 Å². The van der Waals surface area contributed by atoms with Crippen molar-refractivity contribution < 1.29 is 40.0 Å². The SMILES string of the molecule is [2H]c1c([2H])c([2H])c(-c2cccc(-c3cc(C(C)(C)C)cc(C(C)(C)C)c3)c2-[n+]2[c-]n(-c3[c-]c(Oc4[c-]c5c(cc4)c4ccccc4n5-c4cc(C([2H])([2H])C(C)(C)C)ccn4)cc(-c4c(C)cc(C(C)(C)C)cc4C)n3)c3ccccc32)c([2H])c1[2H].[Pt].